The highest BCUT2D eigenvalue weighted by molar-refractivity contribution is 14.0. The van der Waals surface area contributed by atoms with E-state index in [1.54, 1.807) is 16.7 Å². The Morgan fingerprint density at radius 1 is 1.09 bits per heavy atom. The van der Waals surface area contributed by atoms with E-state index in [9.17, 15) is 4.79 Å². The van der Waals surface area contributed by atoms with Gasteiger partial charge in [0.1, 0.15) is 6.10 Å². The molecule has 2 saturated heterocycles. The second-order valence-corrected chi connectivity index (χ2v) is 8.06. The van der Waals surface area contributed by atoms with Gasteiger partial charge in [0.2, 0.25) is 0 Å². The lowest BCUT2D eigenvalue weighted by molar-refractivity contribution is -0.0817. The predicted octanol–water partition coefficient (Wildman–Crippen LogP) is 2.86. The first-order valence-corrected chi connectivity index (χ1v) is 11.2. The third kappa shape index (κ3) is 6.55. The van der Waals surface area contributed by atoms with Crippen molar-refractivity contribution in [3.8, 4) is 0 Å². The number of guanidine groups is 1. The zero-order valence-electron chi connectivity index (χ0n) is 18.6. The molecule has 2 unspecified atom stereocenters. The Morgan fingerprint density at radius 3 is 2.59 bits per heavy atom. The molecule has 4 rings (SSSR count). The minimum absolute atomic E-state index is 0. The van der Waals surface area contributed by atoms with Crippen LogP contribution in [-0.4, -0.2) is 60.5 Å². The van der Waals surface area contributed by atoms with Crippen LogP contribution in [0.1, 0.15) is 30.9 Å². The molecule has 2 aromatic rings. The number of aromatic nitrogens is 1. The Morgan fingerprint density at radius 2 is 1.88 bits per heavy atom. The van der Waals surface area contributed by atoms with E-state index in [0.717, 1.165) is 56.2 Å². The van der Waals surface area contributed by atoms with Crippen molar-refractivity contribution in [2.45, 2.75) is 45.1 Å². The van der Waals surface area contributed by atoms with Crippen LogP contribution in [0.25, 0.3) is 0 Å². The zero-order chi connectivity index (χ0) is 21.5. The molecule has 2 aliphatic rings. The molecule has 2 atom stereocenters. The van der Waals surface area contributed by atoms with Gasteiger partial charge >= 0.3 is 0 Å². The van der Waals surface area contributed by atoms with Crippen molar-refractivity contribution in [1.29, 1.82) is 0 Å². The molecule has 1 aromatic heterocycles. The number of rotatable bonds is 6. The number of pyridine rings is 1. The first kappa shape index (κ1) is 24.7. The summed E-state index contributed by atoms with van der Waals surface area (Å²) in [4.78, 5) is 19.1. The molecule has 0 aliphatic carbocycles. The van der Waals surface area contributed by atoms with Crippen molar-refractivity contribution in [3.63, 3.8) is 0 Å². The van der Waals surface area contributed by atoms with Crippen molar-refractivity contribution in [2.75, 3.05) is 32.8 Å². The standard InChI is InChI=1S/C24H32N4O3.HI/c1-2-25-24(28-13-15-31-22(18-28)21-6-5-14-30-21)26-16-19-8-10-20(11-9-19)17-27-12-4-3-7-23(27)29;/h3-4,7-12,21-22H,2,5-6,13-18H2,1H3,(H,25,26);1H. The topological polar surface area (TPSA) is 68.1 Å². The fourth-order valence-corrected chi connectivity index (χ4v) is 4.12. The first-order valence-electron chi connectivity index (χ1n) is 11.2. The maximum atomic E-state index is 11.9. The highest BCUT2D eigenvalue weighted by atomic mass is 127. The second-order valence-electron chi connectivity index (χ2n) is 8.06. The Hall–Kier alpha value is -1.91. The van der Waals surface area contributed by atoms with E-state index >= 15 is 0 Å². The van der Waals surface area contributed by atoms with Gasteiger partial charge in [0.15, 0.2) is 5.96 Å². The van der Waals surface area contributed by atoms with E-state index in [1.807, 2.05) is 12.3 Å². The molecule has 0 spiro atoms. The summed E-state index contributed by atoms with van der Waals surface area (Å²) in [6.07, 6.45) is 4.33. The van der Waals surface area contributed by atoms with Gasteiger partial charge in [0, 0.05) is 38.5 Å². The number of morpholine rings is 1. The van der Waals surface area contributed by atoms with Crippen LogP contribution >= 0.6 is 24.0 Å². The van der Waals surface area contributed by atoms with Crippen LogP contribution in [0.4, 0.5) is 0 Å². The maximum Gasteiger partial charge on any atom is 0.250 e. The third-order valence-corrected chi connectivity index (χ3v) is 5.79. The number of aliphatic imine (C=N–C) groups is 1. The molecular formula is C24H33IN4O3. The van der Waals surface area contributed by atoms with Crippen molar-refractivity contribution in [2.24, 2.45) is 4.99 Å². The molecule has 8 heteroatoms. The predicted molar refractivity (Wildman–Crippen MR) is 137 cm³/mol. The first-order chi connectivity index (χ1) is 15.2. The van der Waals surface area contributed by atoms with E-state index in [1.165, 1.54) is 0 Å². The molecule has 0 saturated carbocycles. The molecule has 3 heterocycles. The molecule has 1 aromatic carbocycles. The monoisotopic (exact) mass is 552 g/mol. The summed E-state index contributed by atoms with van der Waals surface area (Å²) < 4.78 is 13.5. The van der Waals surface area contributed by atoms with Gasteiger partial charge in [-0.2, -0.15) is 0 Å². The van der Waals surface area contributed by atoms with Crippen molar-refractivity contribution < 1.29 is 9.47 Å². The van der Waals surface area contributed by atoms with E-state index in [4.69, 9.17) is 14.5 Å². The normalized spacial score (nSPS) is 21.3. The van der Waals surface area contributed by atoms with Crippen LogP contribution in [-0.2, 0) is 22.6 Å². The largest absolute Gasteiger partial charge is 0.375 e. The zero-order valence-corrected chi connectivity index (χ0v) is 20.9. The van der Waals surface area contributed by atoms with Crippen molar-refractivity contribution in [1.82, 2.24) is 14.8 Å². The second kappa shape index (κ2) is 12.4. The fourth-order valence-electron chi connectivity index (χ4n) is 4.12. The van der Waals surface area contributed by atoms with Crippen LogP contribution in [0.15, 0.2) is 58.4 Å². The van der Waals surface area contributed by atoms with E-state index in [0.29, 0.717) is 19.7 Å². The molecule has 1 N–H and O–H groups in total. The van der Waals surface area contributed by atoms with Crippen LogP contribution in [0, 0.1) is 0 Å². The van der Waals surface area contributed by atoms with Crippen molar-refractivity contribution >= 4 is 29.9 Å². The number of nitrogens with one attached hydrogen (secondary N) is 1. The lowest BCUT2D eigenvalue weighted by Crippen LogP contribution is -2.53. The van der Waals surface area contributed by atoms with E-state index < -0.39 is 0 Å². The number of halogens is 1. The van der Waals surface area contributed by atoms with Crippen molar-refractivity contribution in [3.05, 3.63) is 70.1 Å². The van der Waals surface area contributed by atoms with Gasteiger partial charge in [-0.15, -0.1) is 24.0 Å². The lowest BCUT2D eigenvalue weighted by atomic mass is 10.1. The molecule has 32 heavy (non-hydrogen) atoms. The summed E-state index contributed by atoms with van der Waals surface area (Å²) in [5.41, 5.74) is 2.25. The number of ether oxygens (including phenoxy) is 2. The average Bonchev–Trinajstić information content (AvgIpc) is 3.34. The van der Waals surface area contributed by atoms with Gasteiger partial charge in [-0.05, 0) is 37.0 Å². The lowest BCUT2D eigenvalue weighted by Gasteiger charge is -2.37. The summed E-state index contributed by atoms with van der Waals surface area (Å²) in [6, 6.07) is 13.5. The van der Waals surface area contributed by atoms with Crippen LogP contribution < -0.4 is 10.9 Å². The molecule has 0 radical (unpaired) electrons. The van der Waals surface area contributed by atoms with Crippen LogP contribution in [0.3, 0.4) is 0 Å². The molecule has 2 fully saturated rings. The van der Waals surface area contributed by atoms with E-state index in [2.05, 4.69) is 41.4 Å². The van der Waals surface area contributed by atoms with Gasteiger partial charge in [-0.1, -0.05) is 30.3 Å². The van der Waals surface area contributed by atoms with E-state index in [-0.39, 0.29) is 41.7 Å². The van der Waals surface area contributed by atoms with Gasteiger partial charge in [0.25, 0.3) is 5.56 Å². The van der Waals surface area contributed by atoms with Gasteiger partial charge in [-0.25, -0.2) is 4.99 Å². The fraction of sp³-hybridized carbons (Fsp3) is 0.500. The molecule has 7 nitrogen and oxygen atoms in total. The summed E-state index contributed by atoms with van der Waals surface area (Å²) in [6.45, 7) is 7.27. The van der Waals surface area contributed by atoms with Gasteiger partial charge in [0.05, 0.1) is 25.8 Å². The Kier molecular flexibility index (Phi) is 9.55. The molecule has 0 amide bonds. The SMILES string of the molecule is CCNC(=NCc1ccc(Cn2ccccc2=O)cc1)N1CCOC(C2CCCO2)C1.I. The Bertz CT molecular complexity index is 925. The molecule has 174 valence electrons. The third-order valence-electron chi connectivity index (χ3n) is 5.79. The molecule has 0 bridgehead atoms. The number of nitrogens with zero attached hydrogens (tertiary/aromatic N) is 3. The number of hydrogen-bond acceptors (Lipinski definition) is 4. The van der Waals surface area contributed by atoms with Gasteiger partial charge in [-0.3, -0.25) is 4.79 Å². The minimum Gasteiger partial charge on any atom is -0.375 e. The highest BCUT2D eigenvalue weighted by Gasteiger charge is 2.32. The summed E-state index contributed by atoms with van der Waals surface area (Å²) >= 11 is 0. The molecular weight excluding hydrogens is 519 g/mol. The Balaban J connectivity index is 0.00000289. The van der Waals surface area contributed by atoms with Crippen LogP contribution in [0.5, 0.6) is 0 Å². The highest BCUT2D eigenvalue weighted by Crippen LogP contribution is 2.21. The summed E-state index contributed by atoms with van der Waals surface area (Å²) in [7, 11) is 0. The number of hydrogen-bond donors (Lipinski definition) is 1. The maximum absolute atomic E-state index is 11.9. The number of benzene rings is 1. The smallest absolute Gasteiger partial charge is 0.250 e. The average molecular weight is 552 g/mol. The summed E-state index contributed by atoms with van der Waals surface area (Å²) in [5, 5.41) is 3.43. The summed E-state index contributed by atoms with van der Waals surface area (Å²) in [5.74, 6) is 0.925. The van der Waals surface area contributed by atoms with Gasteiger partial charge < -0.3 is 24.3 Å². The van der Waals surface area contributed by atoms with Crippen LogP contribution in [0.2, 0.25) is 0 Å². The minimum atomic E-state index is 0. The quantitative estimate of drug-likeness (QED) is 0.339. The Labute approximate surface area is 206 Å². The molecule has 2 aliphatic heterocycles.